The summed E-state index contributed by atoms with van der Waals surface area (Å²) in [5.74, 6) is 0.749. The minimum Gasteiger partial charge on any atom is -0.396 e. The van der Waals surface area contributed by atoms with Crippen LogP contribution in [-0.4, -0.2) is 24.3 Å². The predicted octanol–water partition coefficient (Wildman–Crippen LogP) is 2.79. The first kappa shape index (κ1) is 14.2. The van der Waals surface area contributed by atoms with Crippen LogP contribution in [0.4, 0.5) is 0 Å². The van der Waals surface area contributed by atoms with E-state index in [0.29, 0.717) is 17.9 Å². The molecule has 0 amide bonds. The Morgan fingerprint density at radius 2 is 1.76 bits per heavy atom. The summed E-state index contributed by atoms with van der Waals surface area (Å²) < 4.78 is 0. The first-order valence-corrected chi connectivity index (χ1v) is 6.54. The Labute approximate surface area is 105 Å². The largest absolute Gasteiger partial charge is 0.396 e. The van der Waals surface area contributed by atoms with Gasteiger partial charge < -0.3 is 10.4 Å². The van der Waals surface area contributed by atoms with Crippen molar-refractivity contribution in [3.8, 4) is 0 Å². The van der Waals surface area contributed by atoms with Crippen molar-refractivity contribution < 1.29 is 5.11 Å². The van der Waals surface area contributed by atoms with E-state index in [4.69, 9.17) is 0 Å². The maximum absolute atomic E-state index is 9.50. The van der Waals surface area contributed by atoms with E-state index in [0.717, 1.165) is 13.0 Å². The van der Waals surface area contributed by atoms with E-state index < -0.39 is 0 Å². The molecule has 2 heteroatoms. The number of hydrogen-bond acceptors (Lipinski definition) is 2. The van der Waals surface area contributed by atoms with Crippen LogP contribution in [-0.2, 0) is 0 Å². The maximum Gasteiger partial charge on any atom is 0.0465 e. The molecule has 2 atom stereocenters. The predicted molar refractivity (Wildman–Crippen MR) is 73.2 cm³/mol. The van der Waals surface area contributed by atoms with Gasteiger partial charge in [0.05, 0.1) is 0 Å². The molecule has 1 aromatic carbocycles. The molecule has 0 aromatic heterocycles. The van der Waals surface area contributed by atoms with E-state index in [1.165, 1.54) is 5.56 Å². The van der Waals surface area contributed by atoms with Crippen LogP contribution < -0.4 is 5.32 Å². The Hall–Kier alpha value is -0.860. The highest BCUT2D eigenvalue weighted by Crippen LogP contribution is 2.25. The third-order valence-electron chi connectivity index (χ3n) is 3.33. The Morgan fingerprint density at radius 1 is 1.12 bits per heavy atom. The van der Waals surface area contributed by atoms with Crippen molar-refractivity contribution in [3.05, 3.63) is 35.9 Å². The summed E-state index contributed by atoms with van der Waals surface area (Å²) in [5, 5.41) is 12.9. The van der Waals surface area contributed by atoms with Crippen LogP contribution in [0.5, 0.6) is 0 Å². The molecule has 0 aliphatic carbocycles. The number of benzene rings is 1. The molecular formula is C15H25NO. The van der Waals surface area contributed by atoms with Crippen LogP contribution >= 0.6 is 0 Å². The molecule has 1 rings (SSSR count). The van der Waals surface area contributed by atoms with Gasteiger partial charge in [-0.05, 0) is 30.4 Å². The van der Waals surface area contributed by atoms with Crippen LogP contribution in [0.25, 0.3) is 0 Å². The van der Waals surface area contributed by atoms with E-state index in [1.54, 1.807) is 0 Å². The number of nitrogens with one attached hydrogen (secondary N) is 1. The molecule has 0 aliphatic heterocycles. The average Bonchev–Trinajstić information content (AvgIpc) is 2.34. The molecule has 2 nitrogen and oxygen atoms in total. The molecule has 0 bridgehead atoms. The fourth-order valence-electron chi connectivity index (χ4n) is 2.09. The molecule has 1 aromatic rings. The van der Waals surface area contributed by atoms with Gasteiger partial charge in [-0.15, -0.1) is 0 Å². The van der Waals surface area contributed by atoms with Gasteiger partial charge in [-0.2, -0.15) is 0 Å². The SMILES string of the molecule is CC(C)NCCC(CO)C(C)c1ccccc1. The number of aliphatic hydroxyl groups excluding tert-OH is 1. The van der Waals surface area contributed by atoms with E-state index in [-0.39, 0.29) is 6.61 Å². The van der Waals surface area contributed by atoms with Crippen molar-refractivity contribution in [2.45, 2.75) is 39.2 Å². The lowest BCUT2D eigenvalue weighted by molar-refractivity contribution is 0.198. The van der Waals surface area contributed by atoms with Crippen LogP contribution in [0, 0.1) is 5.92 Å². The summed E-state index contributed by atoms with van der Waals surface area (Å²) in [5.41, 5.74) is 1.32. The second-order valence-electron chi connectivity index (χ2n) is 5.04. The summed E-state index contributed by atoms with van der Waals surface area (Å²) in [6.45, 7) is 7.73. The lowest BCUT2D eigenvalue weighted by Crippen LogP contribution is -2.27. The van der Waals surface area contributed by atoms with E-state index in [2.05, 4.69) is 50.4 Å². The summed E-state index contributed by atoms with van der Waals surface area (Å²) in [6.07, 6.45) is 1.02. The lowest BCUT2D eigenvalue weighted by Gasteiger charge is -2.23. The average molecular weight is 235 g/mol. The van der Waals surface area contributed by atoms with Gasteiger partial charge in [-0.25, -0.2) is 0 Å². The molecule has 2 N–H and O–H groups in total. The van der Waals surface area contributed by atoms with Gasteiger partial charge in [0.25, 0.3) is 0 Å². The van der Waals surface area contributed by atoms with Crippen molar-refractivity contribution in [2.24, 2.45) is 5.92 Å². The van der Waals surface area contributed by atoms with Gasteiger partial charge in [-0.3, -0.25) is 0 Å². The molecule has 2 unspecified atom stereocenters. The Balaban J connectivity index is 2.49. The van der Waals surface area contributed by atoms with E-state index in [9.17, 15) is 5.11 Å². The highest BCUT2D eigenvalue weighted by molar-refractivity contribution is 5.19. The van der Waals surface area contributed by atoms with E-state index in [1.807, 2.05) is 6.07 Å². The van der Waals surface area contributed by atoms with Gasteiger partial charge >= 0.3 is 0 Å². The quantitative estimate of drug-likeness (QED) is 0.761. The first-order valence-electron chi connectivity index (χ1n) is 6.54. The number of aliphatic hydroxyl groups is 1. The van der Waals surface area contributed by atoms with Crippen molar-refractivity contribution >= 4 is 0 Å². The van der Waals surface area contributed by atoms with Gasteiger partial charge in [0.1, 0.15) is 0 Å². The second kappa shape index (κ2) is 7.46. The Kier molecular flexibility index (Phi) is 6.23. The van der Waals surface area contributed by atoms with Gasteiger partial charge in [0, 0.05) is 12.6 Å². The van der Waals surface area contributed by atoms with Gasteiger partial charge in [-0.1, -0.05) is 51.1 Å². The summed E-state index contributed by atoms with van der Waals surface area (Å²) in [4.78, 5) is 0. The number of hydrogen-bond donors (Lipinski definition) is 2. The van der Waals surface area contributed by atoms with Crippen LogP contribution in [0.3, 0.4) is 0 Å². The Morgan fingerprint density at radius 3 is 2.29 bits per heavy atom. The van der Waals surface area contributed by atoms with Crippen LogP contribution in [0.1, 0.15) is 38.7 Å². The Bertz CT molecular complexity index is 297. The zero-order chi connectivity index (χ0) is 12.7. The lowest BCUT2D eigenvalue weighted by atomic mass is 9.86. The smallest absolute Gasteiger partial charge is 0.0465 e. The maximum atomic E-state index is 9.50. The molecule has 17 heavy (non-hydrogen) atoms. The molecule has 0 spiro atoms. The topological polar surface area (TPSA) is 32.3 Å². The third kappa shape index (κ3) is 4.88. The summed E-state index contributed by atoms with van der Waals surface area (Å²) >= 11 is 0. The monoisotopic (exact) mass is 235 g/mol. The number of rotatable bonds is 7. The fraction of sp³-hybridized carbons (Fsp3) is 0.600. The van der Waals surface area contributed by atoms with Crippen molar-refractivity contribution in [2.75, 3.05) is 13.2 Å². The molecule has 0 heterocycles. The first-order chi connectivity index (χ1) is 8.15. The summed E-state index contributed by atoms with van der Waals surface area (Å²) in [7, 11) is 0. The zero-order valence-corrected chi connectivity index (χ0v) is 11.2. The standard InChI is InChI=1S/C15H25NO/c1-12(2)16-10-9-15(11-17)13(3)14-7-5-4-6-8-14/h4-8,12-13,15-17H,9-11H2,1-3H3. The zero-order valence-electron chi connectivity index (χ0n) is 11.2. The molecule has 96 valence electrons. The van der Waals surface area contributed by atoms with Crippen LogP contribution in [0.2, 0.25) is 0 Å². The van der Waals surface area contributed by atoms with Gasteiger partial charge in [0.2, 0.25) is 0 Å². The van der Waals surface area contributed by atoms with Crippen molar-refractivity contribution in [1.29, 1.82) is 0 Å². The van der Waals surface area contributed by atoms with Crippen molar-refractivity contribution in [1.82, 2.24) is 5.32 Å². The molecule has 0 saturated heterocycles. The van der Waals surface area contributed by atoms with Crippen LogP contribution in [0.15, 0.2) is 30.3 Å². The molecule has 0 saturated carbocycles. The third-order valence-corrected chi connectivity index (χ3v) is 3.33. The molecule has 0 aliphatic rings. The van der Waals surface area contributed by atoms with Crippen molar-refractivity contribution in [3.63, 3.8) is 0 Å². The molecular weight excluding hydrogens is 210 g/mol. The molecule has 0 radical (unpaired) electrons. The normalized spacial score (nSPS) is 14.9. The fourth-order valence-corrected chi connectivity index (χ4v) is 2.09. The second-order valence-corrected chi connectivity index (χ2v) is 5.04. The minimum atomic E-state index is 0.260. The minimum absolute atomic E-state index is 0.260. The highest BCUT2D eigenvalue weighted by atomic mass is 16.3. The van der Waals surface area contributed by atoms with E-state index >= 15 is 0 Å². The summed E-state index contributed by atoms with van der Waals surface area (Å²) in [6, 6.07) is 11.0. The van der Waals surface area contributed by atoms with Gasteiger partial charge in [0.15, 0.2) is 0 Å². The molecule has 0 fully saturated rings. The highest BCUT2D eigenvalue weighted by Gasteiger charge is 2.17.